The highest BCUT2D eigenvalue weighted by Gasteiger charge is 2.33. The van der Waals surface area contributed by atoms with E-state index in [2.05, 4.69) is 13.8 Å². The molecule has 0 fully saturated rings. The minimum atomic E-state index is -1.91. The first-order chi connectivity index (χ1) is 2.94. The van der Waals surface area contributed by atoms with Crippen LogP contribution in [0.4, 0.5) is 0 Å². The van der Waals surface area contributed by atoms with Gasteiger partial charge in [-0.2, -0.15) is 0 Å². The Labute approximate surface area is 46.2 Å². The lowest BCUT2D eigenvalue weighted by Gasteiger charge is -1.93. The van der Waals surface area contributed by atoms with Crippen molar-refractivity contribution in [3.63, 3.8) is 0 Å². The molecule has 0 heterocycles. The largest absolute Gasteiger partial charge is 0.324 e. The molecule has 2 nitrogen and oxygen atoms in total. The van der Waals surface area contributed by atoms with Gasteiger partial charge in [-0.1, -0.05) is 0 Å². The highest BCUT2D eigenvalue weighted by Crippen LogP contribution is 2.05. The maximum absolute atomic E-state index is 10.0. The first kappa shape index (κ1) is 6.85. The van der Waals surface area contributed by atoms with E-state index in [1.165, 1.54) is 6.92 Å². The molecule has 1 atom stereocenters. The standard InChI is InChI=1S/C4H7O2S/c1-4(2,3)7(5)6/h1-2H2,3H3/q+1/p+1. The predicted molar refractivity (Wildman–Crippen MR) is 29.9 cm³/mol. The van der Waals surface area contributed by atoms with Crippen molar-refractivity contribution in [1.29, 1.82) is 0 Å². The van der Waals surface area contributed by atoms with Gasteiger partial charge in [-0.15, -0.1) is 0 Å². The van der Waals surface area contributed by atoms with Crippen LogP contribution in [0.3, 0.4) is 0 Å². The predicted octanol–water partition coefficient (Wildman–Crippen LogP) is 0.635. The third-order valence-corrected chi connectivity index (χ3v) is 1.26. The van der Waals surface area contributed by atoms with Crippen molar-refractivity contribution in [3.05, 3.63) is 13.8 Å². The molecular formula is C4H8O2S+2. The summed E-state index contributed by atoms with van der Waals surface area (Å²) in [7, 11) is 0. The van der Waals surface area contributed by atoms with Gasteiger partial charge in [0.05, 0.1) is 0 Å². The lowest BCUT2D eigenvalue weighted by Crippen LogP contribution is -2.21. The van der Waals surface area contributed by atoms with Crippen molar-refractivity contribution >= 4 is 11.1 Å². The van der Waals surface area contributed by atoms with Gasteiger partial charge in [-0.05, 0) is 0 Å². The molecule has 0 aliphatic carbocycles. The Morgan fingerprint density at radius 3 is 1.86 bits per heavy atom. The fourth-order valence-electron chi connectivity index (χ4n) is 0. The molecule has 7 heavy (non-hydrogen) atoms. The number of hydrogen-bond acceptors (Lipinski definition) is 1. The van der Waals surface area contributed by atoms with E-state index in [0.717, 1.165) is 0 Å². The molecule has 0 aromatic carbocycles. The van der Waals surface area contributed by atoms with E-state index in [0.29, 0.717) is 0 Å². The second-order valence-electron chi connectivity index (χ2n) is 1.70. The maximum atomic E-state index is 10.0. The number of hydrogen-bond donors (Lipinski definition) is 1. The summed E-state index contributed by atoms with van der Waals surface area (Å²) in [6.07, 6.45) is 0. The molecule has 0 radical (unpaired) electrons. The van der Waals surface area contributed by atoms with Crippen LogP contribution in [-0.4, -0.2) is 13.5 Å². The molecule has 0 spiro atoms. The van der Waals surface area contributed by atoms with E-state index in [9.17, 15) is 4.21 Å². The summed E-state index contributed by atoms with van der Waals surface area (Å²) in [5.74, 6) is 0. The Kier molecular flexibility index (Phi) is 1.72. The third-order valence-electron chi connectivity index (χ3n) is 0.422. The average Bonchev–Trinajstić information content (AvgIpc) is 1.31. The van der Waals surface area contributed by atoms with Gasteiger partial charge in [0.15, 0.2) is 0 Å². The second kappa shape index (κ2) is 1.76. The molecule has 40 valence electrons. The molecule has 0 aliphatic rings. The van der Waals surface area contributed by atoms with Gasteiger partial charge >= 0.3 is 4.75 Å². The van der Waals surface area contributed by atoms with Gasteiger partial charge in [-0.25, -0.2) is 4.21 Å². The van der Waals surface area contributed by atoms with Crippen molar-refractivity contribution < 1.29 is 8.76 Å². The highest BCUT2D eigenvalue weighted by atomic mass is 32.2. The molecule has 0 amide bonds. The van der Waals surface area contributed by atoms with E-state index in [1.54, 1.807) is 0 Å². The molecule has 0 rings (SSSR count). The summed E-state index contributed by atoms with van der Waals surface area (Å²) in [5, 5.41) is 0. The quantitative estimate of drug-likeness (QED) is 0.407. The van der Waals surface area contributed by atoms with Crippen LogP contribution in [-0.2, 0) is 11.1 Å². The Bertz CT molecular complexity index is 82.2. The second-order valence-corrected chi connectivity index (χ2v) is 3.18. The van der Waals surface area contributed by atoms with Crippen molar-refractivity contribution in [3.8, 4) is 0 Å². The smallest absolute Gasteiger partial charge is 0.299 e. The van der Waals surface area contributed by atoms with Crippen LogP contribution >= 0.6 is 0 Å². The molecule has 1 N–H and O–H groups in total. The first-order valence-corrected chi connectivity index (χ1v) is 2.87. The van der Waals surface area contributed by atoms with Crippen LogP contribution in [0, 0.1) is 13.8 Å². The topological polar surface area (TPSA) is 37.3 Å². The zero-order chi connectivity index (χ0) is 6.08. The Balaban J connectivity index is 3.79. The lowest BCUT2D eigenvalue weighted by atomic mass is 10.3. The van der Waals surface area contributed by atoms with Gasteiger partial charge in [0.2, 0.25) is 0 Å². The molecule has 0 aromatic heterocycles. The SMILES string of the molecule is [CH2+]C([CH2+])(C)S(=O)O. The summed E-state index contributed by atoms with van der Waals surface area (Å²) < 4.78 is 17.3. The highest BCUT2D eigenvalue weighted by molar-refractivity contribution is 7.80. The molecular weight excluding hydrogens is 112 g/mol. The lowest BCUT2D eigenvalue weighted by molar-refractivity contribution is 0.546. The zero-order valence-corrected chi connectivity index (χ0v) is 4.99. The Morgan fingerprint density at radius 1 is 1.71 bits per heavy atom. The van der Waals surface area contributed by atoms with Crippen LogP contribution in [0.1, 0.15) is 6.92 Å². The molecule has 0 saturated heterocycles. The molecule has 0 aliphatic heterocycles. The van der Waals surface area contributed by atoms with Crippen molar-refractivity contribution in [2.45, 2.75) is 11.7 Å². The van der Waals surface area contributed by atoms with Crippen LogP contribution in [0.15, 0.2) is 0 Å². The van der Waals surface area contributed by atoms with Crippen LogP contribution < -0.4 is 0 Å². The van der Waals surface area contributed by atoms with Gasteiger partial charge in [0, 0.05) is 6.92 Å². The molecule has 3 heteroatoms. The summed E-state index contributed by atoms with van der Waals surface area (Å²) >= 11 is -1.91. The fourth-order valence-corrected chi connectivity index (χ4v) is 0. The molecule has 1 unspecified atom stereocenters. The van der Waals surface area contributed by atoms with Crippen molar-refractivity contribution in [1.82, 2.24) is 0 Å². The van der Waals surface area contributed by atoms with Crippen LogP contribution in [0.2, 0.25) is 0 Å². The van der Waals surface area contributed by atoms with Gasteiger partial charge in [-0.3, -0.25) is 4.55 Å². The van der Waals surface area contributed by atoms with Crippen LogP contribution in [0.5, 0.6) is 0 Å². The monoisotopic (exact) mass is 120 g/mol. The fraction of sp³-hybridized carbons (Fsp3) is 0.500. The third kappa shape index (κ3) is 2.53. The first-order valence-electron chi connectivity index (χ1n) is 1.76. The van der Waals surface area contributed by atoms with Crippen LogP contribution in [0.25, 0.3) is 0 Å². The van der Waals surface area contributed by atoms with E-state index < -0.39 is 15.8 Å². The van der Waals surface area contributed by atoms with Crippen molar-refractivity contribution in [2.24, 2.45) is 0 Å². The summed E-state index contributed by atoms with van der Waals surface area (Å²) in [6.45, 7) is 8.11. The normalized spacial score (nSPS) is 16.3. The summed E-state index contributed by atoms with van der Waals surface area (Å²) in [5.41, 5.74) is 0. The minimum absolute atomic E-state index is 0.972. The maximum Gasteiger partial charge on any atom is 0.324 e. The summed E-state index contributed by atoms with van der Waals surface area (Å²) in [6, 6.07) is 0. The Hall–Kier alpha value is -0.150. The summed E-state index contributed by atoms with van der Waals surface area (Å²) in [4.78, 5) is 0. The average molecular weight is 120 g/mol. The molecule has 0 saturated carbocycles. The van der Waals surface area contributed by atoms with E-state index in [1.807, 2.05) is 0 Å². The van der Waals surface area contributed by atoms with Gasteiger partial charge in [0.25, 0.3) is 11.1 Å². The molecule has 0 aromatic rings. The van der Waals surface area contributed by atoms with E-state index in [4.69, 9.17) is 4.55 Å². The van der Waals surface area contributed by atoms with E-state index in [-0.39, 0.29) is 0 Å². The van der Waals surface area contributed by atoms with Gasteiger partial charge < -0.3 is 0 Å². The molecule has 0 bridgehead atoms. The van der Waals surface area contributed by atoms with Crippen molar-refractivity contribution in [2.75, 3.05) is 0 Å². The Morgan fingerprint density at radius 2 is 1.86 bits per heavy atom. The van der Waals surface area contributed by atoms with E-state index >= 15 is 0 Å². The minimum Gasteiger partial charge on any atom is -0.299 e. The van der Waals surface area contributed by atoms with Gasteiger partial charge in [0.1, 0.15) is 13.8 Å². The number of rotatable bonds is 1. The zero-order valence-electron chi connectivity index (χ0n) is 4.18.